The highest BCUT2D eigenvalue weighted by atomic mass is 16.6. The fourth-order valence-electron chi connectivity index (χ4n) is 5.63. The number of aromatic nitrogens is 3. The molecule has 0 aliphatic carbocycles. The van der Waals surface area contributed by atoms with Gasteiger partial charge in [0.1, 0.15) is 26.2 Å². The summed E-state index contributed by atoms with van der Waals surface area (Å²) < 4.78 is 22.7. The molecule has 3 atom stereocenters. The molecule has 3 aromatic rings. The van der Waals surface area contributed by atoms with Gasteiger partial charge in [0.15, 0.2) is 24.9 Å². The molecule has 3 unspecified atom stereocenters. The van der Waals surface area contributed by atoms with Crippen LogP contribution in [0.4, 0.5) is 0 Å². The molecule has 0 radical (unpaired) electrons. The molecule has 4 rings (SSSR count). The van der Waals surface area contributed by atoms with Crippen LogP contribution in [-0.4, -0.2) is 161 Å². The van der Waals surface area contributed by atoms with E-state index in [1.165, 1.54) is 42.0 Å². The third-order valence-electron chi connectivity index (χ3n) is 8.90. The van der Waals surface area contributed by atoms with Crippen LogP contribution in [0, 0.1) is 6.92 Å². The zero-order valence-corrected chi connectivity index (χ0v) is 33.4. The molecule has 310 valence electrons. The Morgan fingerprint density at radius 1 is 0.603 bits per heavy atom. The monoisotopic (exact) mass is 805 g/mol. The molecule has 2 aromatic heterocycles. The second-order valence-electron chi connectivity index (χ2n) is 13.9. The number of esters is 4. The Morgan fingerprint density at radius 3 is 1.69 bits per heavy atom. The molecule has 19 heteroatoms. The highest BCUT2D eigenvalue weighted by Gasteiger charge is 2.32. The SMILES string of the molecule is Cc1ccc(-c2cnn(Cc3ccc(CC4OC(=O)CN(C)C(=O)C(C)OC(=O)CN(C)C(=O)COC(=O)CN(C)C(=O)C(C)OC(=O)CN(C)C4=O)cc3)c2)cn1. The van der Waals surface area contributed by atoms with Crippen molar-refractivity contribution in [1.29, 1.82) is 0 Å². The van der Waals surface area contributed by atoms with Crippen molar-refractivity contribution in [3.63, 3.8) is 0 Å². The fraction of sp³-hybridized carbons (Fsp3) is 0.436. The maximum atomic E-state index is 13.7. The van der Waals surface area contributed by atoms with Gasteiger partial charge in [-0.3, -0.25) is 48.0 Å². The first-order chi connectivity index (χ1) is 27.4. The average molecular weight is 806 g/mol. The Bertz CT molecular complexity index is 2000. The van der Waals surface area contributed by atoms with Gasteiger partial charge in [-0.2, -0.15) is 5.10 Å². The van der Waals surface area contributed by atoms with Crippen LogP contribution in [0.1, 0.15) is 30.7 Å². The summed E-state index contributed by atoms with van der Waals surface area (Å²) >= 11 is 0. The number of hydrogen-bond acceptors (Lipinski definition) is 14. The second kappa shape index (κ2) is 20.0. The van der Waals surface area contributed by atoms with Crippen LogP contribution in [0.15, 0.2) is 55.0 Å². The molecule has 4 amide bonds. The van der Waals surface area contributed by atoms with E-state index in [1.807, 2.05) is 37.4 Å². The molecular weight excluding hydrogens is 758 g/mol. The van der Waals surface area contributed by atoms with Crippen LogP contribution in [-0.2, 0) is 70.3 Å². The van der Waals surface area contributed by atoms with Gasteiger partial charge >= 0.3 is 23.9 Å². The normalized spacial score (nSPS) is 20.6. The molecular formula is C39H47N7O12. The highest BCUT2D eigenvalue weighted by Crippen LogP contribution is 2.19. The number of benzene rings is 1. The van der Waals surface area contributed by atoms with Crippen LogP contribution in [0.3, 0.4) is 0 Å². The number of cyclic esters (lactones) is 4. The molecule has 0 N–H and O–H groups in total. The topological polar surface area (TPSA) is 217 Å². The van der Waals surface area contributed by atoms with E-state index in [1.54, 1.807) is 29.2 Å². The van der Waals surface area contributed by atoms with Crippen LogP contribution in [0.25, 0.3) is 11.1 Å². The first-order valence-electron chi connectivity index (χ1n) is 18.2. The first kappa shape index (κ1) is 44.1. The average Bonchev–Trinajstić information content (AvgIpc) is 3.64. The van der Waals surface area contributed by atoms with Crippen LogP contribution >= 0.6 is 0 Å². The minimum Gasteiger partial charge on any atom is -0.454 e. The van der Waals surface area contributed by atoms with Gasteiger partial charge in [0.25, 0.3) is 23.6 Å². The Hall–Kier alpha value is -6.66. The largest absolute Gasteiger partial charge is 0.454 e. The van der Waals surface area contributed by atoms with E-state index in [4.69, 9.17) is 18.9 Å². The molecule has 1 aliphatic heterocycles. The molecule has 1 aliphatic rings. The summed E-state index contributed by atoms with van der Waals surface area (Å²) in [6, 6.07) is 11.0. The smallest absolute Gasteiger partial charge is 0.326 e. The molecule has 19 nitrogen and oxygen atoms in total. The Balaban J connectivity index is 1.51. The van der Waals surface area contributed by atoms with Crippen molar-refractivity contribution >= 4 is 47.5 Å². The van der Waals surface area contributed by atoms with Gasteiger partial charge in [-0.1, -0.05) is 30.3 Å². The number of rotatable bonds is 5. The standard InChI is InChI=1S/C39H47N7O12/c1-24-8-13-29(15-40-24)30-16-41-46(18-30)17-28-11-9-27(10-12-28)14-31-39(54)45(7)21-35(50)57-25(2)37(52)43(5)19-33(48)55-23-32(47)42(4)20-34(49)56-26(3)38(53)44(6)22-36(51)58-31/h8-13,15-16,18,25-26,31H,14,17,19-23H2,1-7H3. The summed E-state index contributed by atoms with van der Waals surface area (Å²) in [5, 5.41) is 4.45. The number of pyridine rings is 1. The summed E-state index contributed by atoms with van der Waals surface area (Å²) in [5.74, 6) is -7.00. The Kier molecular flexibility index (Phi) is 15.2. The number of amides is 4. The number of nitrogens with zero attached hydrogens (tertiary/aromatic N) is 7. The summed E-state index contributed by atoms with van der Waals surface area (Å²) in [7, 11) is 5.04. The van der Waals surface area contributed by atoms with E-state index < -0.39 is 98.6 Å². The van der Waals surface area contributed by atoms with Gasteiger partial charge in [0, 0.05) is 63.8 Å². The third kappa shape index (κ3) is 12.7. The van der Waals surface area contributed by atoms with Crippen molar-refractivity contribution in [3.05, 3.63) is 71.8 Å². The van der Waals surface area contributed by atoms with Crippen molar-refractivity contribution in [2.75, 3.05) is 61.0 Å². The lowest BCUT2D eigenvalue weighted by Gasteiger charge is -2.26. The molecule has 3 heterocycles. The minimum atomic E-state index is -1.47. The van der Waals surface area contributed by atoms with E-state index in [0.29, 0.717) is 12.1 Å². The number of carbonyl (C=O) groups is 8. The number of hydrogen-bond donors (Lipinski definition) is 0. The van der Waals surface area contributed by atoms with Crippen molar-refractivity contribution < 1.29 is 57.3 Å². The lowest BCUT2D eigenvalue weighted by Crippen LogP contribution is -2.46. The Morgan fingerprint density at radius 2 is 1.12 bits per heavy atom. The molecule has 58 heavy (non-hydrogen) atoms. The zero-order valence-electron chi connectivity index (χ0n) is 33.4. The zero-order chi connectivity index (χ0) is 42.7. The summed E-state index contributed by atoms with van der Waals surface area (Å²) in [6.07, 6.45) is 1.07. The number of ether oxygens (including phenoxy) is 4. The second-order valence-corrected chi connectivity index (χ2v) is 13.9. The van der Waals surface area contributed by atoms with Crippen LogP contribution in [0.2, 0.25) is 0 Å². The van der Waals surface area contributed by atoms with Crippen molar-refractivity contribution in [2.45, 2.75) is 52.0 Å². The predicted octanol–water partition coefficient (Wildman–Crippen LogP) is 0.00992. The fourth-order valence-corrected chi connectivity index (χ4v) is 5.63. The molecule has 0 spiro atoms. The molecule has 1 fully saturated rings. The van der Waals surface area contributed by atoms with E-state index in [0.717, 1.165) is 42.0 Å². The van der Waals surface area contributed by atoms with Gasteiger partial charge < -0.3 is 38.5 Å². The quantitative estimate of drug-likeness (QED) is 0.245. The Labute approximate surface area is 334 Å². The third-order valence-corrected chi connectivity index (χ3v) is 8.90. The predicted molar refractivity (Wildman–Crippen MR) is 202 cm³/mol. The van der Waals surface area contributed by atoms with Gasteiger partial charge in [-0.05, 0) is 38.0 Å². The molecule has 1 saturated heterocycles. The maximum Gasteiger partial charge on any atom is 0.326 e. The number of aryl methyl sites for hydroxylation is 1. The highest BCUT2D eigenvalue weighted by molar-refractivity contribution is 5.91. The molecule has 0 saturated carbocycles. The summed E-state index contributed by atoms with van der Waals surface area (Å²) in [6.45, 7) is 1.63. The van der Waals surface area contributed by atoms with Crippen LogP contribution in [0.5, 0.6) is 0 Å². The number of carbonyl (C=O) groups excluding carboxylic acids is 8. The van der Waals surface area contributed by atoms with Crippen molar-refractivity contribution in [2.24, 2.45) is 0 Å². The van der Waals surface area contributed by atoms with Crippen LogP contribution < -0.4 is 0 Å². The van der Waals surface area contributed by atoms with Crippen molar-refractivity contribution in [3.8, 4) is 11.1 Å². The van der Waals surface area contributed by atoms with Gasteiger partial charge in [-0.15, -0.1) is 0 Å². The maximum absolute atomic E-state index is 13.7. The lowest BCUT2D eigenvalue weighted by molar-refractivity contribution is -0.167. The van der Waals surface area contributed by atoms with Crippen molar-refractivity contribution in [1.82, 2.24) is 34.4 Å². The molecule has 1 aromatic carbocycles. The van der Waals surface area contributed by atoms with E-state index in [2.05, 4.69) is 10.1 Å². The lowest BCUT2D eigenvalue weighted by atomic mass is 10.0. The summed E-state index contributed by atoms with van der Waals surface area (Å²) in [5.41, 5.74) is 4.22. The van der Waals surface area contributed by atoms with E-state index >= 15 is 0 Å². The summed E-state index contributed by atoms with van der Waals surface area (Å²) in [4.78, 5) is 111. The van der Waals surface area contributed by atoms with Gasteiger partial charge in [-0.25, -0.2) is 0 Å². The van der Waals surface area contributed by atoms with E-state index in [-0.39, 0.29) is 6.42 Å². The minimum absolute atomic E-state index is 0.121. The number of likely N-dealkylation sites (N-methyl/N-ethyl adjacent to an activating group) is 4. The molecule has 0 bridgehead atoms. The first-order valence-corrected chi connectivity index (χ1v) is 18.2. The van der Waals surface area contributed by atoms with Gasteiger partial charge in [0.2, 0.25) is 0 Å². The van der Waals surface area contributed by atoms with E-state index in [9.17, 15) is 38.4 Å². The van der Waals surface area contributed by atoms with Gasteiger partial charge in [0.05, 0.1) is 12.7 Å².